The van der Waals surface area contributed by atoms with Crippen molar-refractivity contribution in [3.05, 3.63) is 30.1 Å². The maximum atomic E-state index is 12.9. The van der Waals surface area contributed by atoms with E-state index >= 15 is 0 Å². The summed E-state index contributed by atoms with van der Waals surface area (Å²) < 4.78 is 0. The lowest BCUT2D eigenvalue weighted by molar-refractivity contribution is -0.130. The zero-order valence-corrected chi connectivity index (χ0v) is 15.6. The monoisotopic (exact) mass is 355 g/mol. The highest BCUT2D eigenvalue weighted by molar-refractivity contribution is 8.00. The Morgan fingerprint density at radius 2 is 1.84 bits per heavy atom. The van der Waals surface area contributed by atoms with Crippen LogP contribution in [-0.2, 0) is 4.79 Å². The smallest absolute Gasteiger partial charge is 0.235 e. The number of hydrogen-bond acceptors (Lipinski definition) is 4. The van der Waals surface area contributed by atoms with Crippen LogP contribution in [-0.4, -0.2) is 39.1 Å². The van der Waals surface area contributed by atoms with Crippen molar-refractivity contribution in [2.24, 2.45) is 0 Å². The molecule has 1 aliphatic carbocycles. The molecule has 25 heavy (non-hydrogen) atoms. The standard InChI is InChI=1S/C20H25N3OS/c1-14(20(24)23-12-6-2-3-7-13-23)25-19-16-8-4-5-9-17(16)21-18(22-19)15-10-11-15/h4-5,8-9,14-15H,2-3,6-7,10-13H2,1H3. The molecule has 1 aromatic heterocycles. The highest BCUT2D eigenvalue weighted by Gasteiger charge is 2.29. The van der Waals surface area contributed by atoms with Crippen LogP contribution in [0.3, 0.4) is 0 Å². The first-order valence-corrected chi connectivity index (χ1v) is 10.3. The molecule has 5 heteroatoms. The van der Waals surface area contributed by atoms with Gasteiger partial charge in [0.15, 0.2) is 0 Å². The molecule has 2 fully saturated rings. The van der Waals surface area contributed by atoms with Gasteiger partial charge in [0.25, 0.3) is 0 Å². The normalized spacial score (nSPS) is 19.6. The van der Waals surface area contributed by atoms with Crippen molar-refractivity contribution in [1.29, 1.82) is 0 Å². The highest BCUT2D eigenvalue weighted by Crippen LogP contribution is 2.40. The molecule has 1 saturated carbocycles. The summed E-state index contributed by atoms with van der Waals surface area (Å²) in [5.74, 6) is 1.72. The first-order valence-electron chi connectivity index (χ1n) is 9.44. The molecular formula is C20H25N3OS. The summed E-state index contributed by atoms with van der Waals surface area (Å²) in [4.78, 5) is 24.5. The zero-order valence-electron chi connectivity index (χ0n) is 14.8. The summed E-state index contributed by atoms with van der Waals surface area (Å²) in [6.07, 6.45) is 7.12. The molecule has 132 valence electrons. The van der Waals surface area contributed by atoms with Gasteiger partial charge in [-0.3, -0.25) is 4.79 Å². The van der Waals surface area contributed by atoms with E-state index in [0.29, 0.717) is 5.92 Å². The largest absolute Gasteiger partial charge is 0.342 e. The molecule has 4 nitrogen and oxygen atoms in total. The van der Waals surface area contributed by atoms with Crippen molar-refractivity contribution in [3.63, 3.8) is 0 Å². The topological polar surface area (TPSA) is 46.1 Å². The molecule has 1 aromatic carbocycles. The molecule has 0 bridgehead atoms. The van der Waals surface area contributed by atoms with Crippen molar-refractivity contribution >= 4 is 28.6 Å². The van der Waals surface area contributed by atoms with Crippen molar-refractivity contribution in [2.45, 2.75) is 61.6 Å². The second kappa shape index (κ2) is 7.32. The number of amides is 1. The van der Waals surface area contributed by atoms with Crippen LogP contribution in [0.4, 0.5) is 0 Å². The van der Waals surface area contributed by atoms with E-state index < -0.39 is 0 Å². The first kappa shape index (κ1) is 16.8. The van der Waals surface area contributed by atoms with E-state index in [2.05, 4.69) is 11.0 Å². The van der Waals surface area contributed by atoms with E-state index in [1.165, 1.54) is 25.7 Å². The van der Waals surface area contributed by atoms with Crippen LogP contribution >= 0.6 is 11.8 Å². The Balaban J connectivity index is 1.57. The number of hydrogen-bond donors (Lipinski definition) is 0. The Bertz CT molecular complexity index is 767. The lowest BCUT2D eigenvalue weighted by Gasteiger charge is -2.24. The number of rotatable bonds is 4. The fourth-order valence-corrected chi connectivity index (χ4v) is 4.48. The molecule has 1 saturated heterocycles. The van der Waals surface area contributed by atoms with Crippen molar-refractivity contribution in [3.8, 4) is 0 Å². The number of nitrogens with zero attached hydrogens (tertiary/aromatic N) is 3. The molecule has 1 aliphatic heterocycles. The predicted molar refractivity (Wildman–Crippen MR) is 102 cm³/mol. The average Bonchev–Trinajstić information content (AvgIpc) is 3.47. The van der Waals surface area contributed by atoms with Gasteiger partial charge in [-0.2, -0.15) is 0 Å². The molecule has 0 radical (unpaired) electrons. The molecule has 1 atom stereocenters. The zero-order chi connectivity index (χ0) is 17.2. The van der Waals surface area contributed by atoms with Gasteiger partial charge in [0, 0.05) is 24.4 Å². The van der Waals surface area contributed by atoms with Gasteiger partial charge >= 0.3 is 0 Å². The van der Waals surface area contributed by atoms with Crippen LogP contribution in [0.25, 0.3) is 10.9 Å². The molecule has 2 aromatic rings. The van der Waals surface area contributed by atoms with Gasteiger partial charge < -0.3 is 4.90 Å². The Hall–Kier alpha value is -1.62. The van der Waals surface area contributed by atoms with Crippen molar-refractivity contribution in [2.75, 3.05) is 13.1 Å². The minimum atomic E-state index is -0.108. The average molecular weight is 356 g/mol. The number of carbonyl (C=O) groups is 1. The van der Waals surface area contributed by atoms with Gasteiger partial charge in [-0.1, -0.05) is 42.8 Å². The van der Waals surface area contributed by atoms with E-state index in [9.17, 15) is 4.79 Å². The van der Waals surface area contributed by atoms with Gasteiger partial charge in [-0.05, 0) is 38.7 Å². The summed E-state index contributed by atoms with van der Waals surface area (Å²) >= 11 is 1.60. The quantitative estimate of drug-likeness (QED) is 0.603. The van der Waals surface area contributed by atoms with E-state index in [1.807, 2.05) is 25.1 Å². The first-order chi connectivity index (χ1) is 12.2. The summed E-state index contributed by atoms with van der Waals surface area (Å²) in [6, 6.07) is 8.16. The van der Waals surface area contributed by atoms with Crippen LogP contribution in [0.5, 0.6) is 0 Å². The summed E-state index contributed by atoms with van der Waals surface area (Å²) in [5, 5.41) is 1.92. The SMILES string of the molecule is CC(Sc1nc(C2CC2)nc2ccccc12)C(=O)N1CCCCCC1. The van der Waals surface area contributed by atoms with E-state index in [4.69, 9.17) is 9.97 Å². The minimum Gasteiger partial charge on any atom is -0.342 e. The van der Waals surface area contributed by atoms with Crippen LogP contribution < -0.4 is 0 Å². The number of carbonyl (C=O) groups excluding carboxylic acids is 1. The minimum absolute atomic E-state index is 0.108. The van der Waals surface area contributed by atoms with Crippen molar-refractivity contribution in [1.82, 2.24) is 14.9 Å². The molecule has 2 aliphatic rings. The van der Waals surface area contributed by atoms with E-state index in [0.717, 1.165) is 47.7 Å². The second-order valence-corrected chi connectivity index (χ2v) is 8.51. The third kappa shape index (κ3) is 3.81. The molecule has 1 amide bonds. The van der Waals surface area contributed by atoms with Crippen LogP contribution in [0.1, 0.15) is 57.2 Å². The second-order valence-electron chi connectivity index (χ2n) is 7.18. The van der Waals surface area contributed by atoms with Gasteiger partial charge in [0.05, 0.1) is 10.8 Å². The van der Waals surface area contributed by atoms with E-state index in [-0.39, 0.29) is 11.2 Å². The maximum Gasteiger partial charge on any atom is 0.235 e. The number of aromatic nitrogens is 2. The van der Waals surface area contributed by atoms with Crippen molar-refractivity contribution < 1.29 is 4.79 Å². The molecule has 4 rings (SSSR count). The fraction of sp³-hybridized carbons (Fsp3) is 0.550. The number of benzene rings is 1. The number of fused-ring (bicyclic) bond motifs is 1. The number of thioether (sulfide) groups is 1. The van der Waals surface area contributed by atoms with Crippen LogP contribution in [0.2, 0.25) is 0 Å². The van der Waals surface area contributed by atoms with Gasteiger partial charge in [0.2, 0.25) is 5.91 Å². The van der Waals surface area contributed by atoms with Gasteiger partial charge in [0.1, 0.15) is 10.9 Å². The summed E-state index contributed by atoms with van der Waals surface area (Å²) in [7, 11) is 0. The number of likely N-dealkylation sites (tertiary alicyclic amines) is 1. The predicted octanol–water partition coefficient (Wildman–Crippen LogP) is 4.39. The Morgan fingerprint density at radius 1 is 1.12 bits per heavy atom. The number of para-hydroxylation sites is 1. The molecular weight excluding hydrogens is 330 g/mol. The Labute approximate surface area is 153 Å². The molecule has 0 spiro atoms. The van der Waals surface area contributed by atoms with Crippen LogP contribution in [0.15, 0.2) is 29.3 Å². The van der Waals surface area contributed by atoms with Crippen LogP contribution in [0, 0.1) is 0 Å². The molecule has 2 heterocycles. The Morgan fingerprint density at radius 3 is 2.56 bits per heavy atom. The van der Waals surface area contributed by atoms with Gasteiger partial charge in [-0.15, -0.1) is 0 Å². The lowest BCUT2D eigenvalue weighted by atomic mass is 10.2. The fourth-order valence-electron chi connectivity index (χ4n) is 3.44. The maximum absolute atomic E-state index is 12.9. The van der Waals surface area contributed by atoms with Gasteiger partial charge in [-0.25, -0.2) is 9.97 Å². The highest BCUT2D eigenvalue weighted by atomic mass is 32.2. The third-order valence-electron chi connectivity index (χ3n) is 5.08. The third-order valence-corrected chi connectivity index (χ3v) is 6.17. The Kier molecular flexibility index (Phi) is 4.93. The van der Waals surface area contributed by atoms with E-state index in [1.54, 1.807) is 11.8 Å². The summed E-state index contributed by atoms with van der Waals surface area (Å²) in [5.41, 5.74) is 0.997. The molecule has 1 unspecified atom stereocenters. The molecule has 0 N–H and O–H groups in total. The lowest BCUT2D eigenvalue weighted by Crippen LogP contribution is -2.37. The summed E-state index contributed by atoms with van der Waals surface area (Å²) in [6.45, 7) is 3.83.